The average molecular weight is 647 g/mol. The fourth-order valence-electron chi connectivity index (χ4n) is 5.37. The number of alkyl halides is 1. The fraction of sp³-hybridized carbons (Fsp3) is 0.731. The van der Waals surface area contributed by atoms with E-state index < -0.39 is 50.2 Å². The van der Waals surface area contributed by atoms with Crippen molar-refractivity contribution in [1.82, 2.24) is 19.5 Å². The van der Waals surface area contributed by atoms with Gasteiger partial charge in [-0.15, -0.1) is 0 Å². The topological polar surface area (TPSA) is 121 Å². The number of halogens is 1. The van der Waals surface area contributed by atoms with Crippen molar-refractivity contribution in [2.75, 3.05) is 6.61 Å². The molecule has 0 unspecified atom stereocenters. The van der Waals surface area contributed by atoms with Gasteiger partial charge >= 0.3 is 0 Å². The fourth-order valence-corrected chi connectivity index (χ4v) is 13.9. The van der Waals surface area contributed by atoms with Gasteiger partial charge in [-0.25, -0.2) is 9.37 Å². The highest BCUT2D eigenvalue weighted by molar-refractivity contribution is 8.68. The minimum Gasteiger partial charge on any atom is -0.480 e. The molecule has 2 aromatic heterocycles. The van der Waals surface area contributed by atoms with E-state index in [2.05, 4.69) is 62.3 Å². The summed E-state index contributed by atoms with van der Waals surface area (Å²) >= 11 is 7.53. The van der Waals surface area contributed by atoms with Crippen molar-refractivity contribution in [3.63, 3.8) is 0 Å². The number of aromatic nitrogens is 4. The molecule has 2 aliphatic heterocycles. The summed E-state index contributed by atoms with van der Waals surface area (Å²) in [6, 6.07) is -0.599. The van der Waals surface area contributed by atoms with Crippen LogP contribution in [-0.2, 0) is 30.0 Å². The van der Waals surface area contributed by atoms with E-state index in [-0.39, 0.29) is 33.7 Å². The van der Waals surface area contributed by atoms with Crippen LogP contribution in [0.2, 0.25) is 18.1 Å². The lowest BCUT2D eigenvalue weighted by molar-refractivity contribution is -0.0413. The third-order valence-electron chi connectivity index (χ3n) is 9.07. The second-order valence-corrected chi connectivity index (χ2v) is 24.5. The zero-order valence-corrected chi connectivity index (χ0v) is 28.1. The van der Waals surface area contributed by atoms with E-state index in [0.29, 0.717) is 5.92 Å². The van der Waals surface area contributed by atoms with Crippen LogP contribution >= 0.6 is 17.1 Å². The first-order valence-electron chi connectivity index (χ1n) is 13.9. The minimum atomic E-state index is -2.96. The van der Waals surface area contributed by atoms with Crippen LogP contribution in [-0.4, -0.2) is 68.8 Å². The van der Waals surface area contributed by atoms with E-state index in [4.69, 9.17) is 30.0 Å². The van der Waals surface area contributed by atoms with Gasteiger partial charge in [0.05, 0.1) is 19.0 Å². The monoisotopic (exact) mass is 646 g/mol. The van der Waals surface area contributed by atoms with Gasteiger partial charge in [-0.2, -0.15) is 4.98 Å². The Morgan fingerprint density at radius 2 is 2.17 bits per heavy atom. The van der Waals surface area contributed by atoms with E-state index in [1.165, 1.54) is 22.3 Å². The average Bonchev–Trinajstić information content (AvgIpc) is 3.47. The Kier molecular flexibility index (Phi) is 8.24. The number of H-pyrrole nitrogens is 1. The summed E-state index contributed by atoms with van der Waals surface area (Å²) < 4.78 is 43.3. The van der Waals surface area contributed by atoms with Gasteiger partial charge in [-0.1, -0.05) is 44.3 Å². The summed E-state index contributed by atoms with van der Waals surface area (Å²) in [5.41, 5.74) is -2.51. The molecular formula is C26H40FN4O6PS2Si. The largest absolute Gasteiger partial charge is 0.480 e. The summed E-state index contributed by atoms with van der Waals surface area (Å²) in [5.74, 6) is 0.357. The molecule has 5 rings (SSSR count). The van der Waals surface area contributed by atoms with Crippen LogP contribution in [0.5, 0.6) is 6.01 Å². The van der Waals surface area contributed by atoms with E-state index in [1.807, 2.05) is 6.92 Å². The smallest absolute Gasteiger partial charge is 0.296 e. The van der Waals surface area contributed by atoms with E-state index >= 15 is 4.39 Å². The van der Waals surface area contributed by atoms with Crippen LogP contribution in [0.1, 0.15) is 60.1 Å². The number of aromatic hydroxyl groups is 1. The molecule has 2 aromatic rings. The van der Waals surface area contributed by atoms with Crippen molar-refractivity contribution in [3.8, 4) is 6.01 Å². The molecular weight excluding hydrogens is 607 g/mol. The Labute approximate surface area is 249 Å². The number of fused-ring (bicyclic) bond motifs is 2. The van der Waals surface area contributed by atoms with Crippen molar-refractivity contribution < 1.29 is 27.7 Å². The van der Waals surface area contributed by atoms with Gasteiger partial charge in [-0.05, 0) is 69.0 Å². The molecule has 10 nitrogen and oxygen atoms in total. The quantitative estimate of drug-likeness (QED) is 0.212. The van der Waals surface area contributed by atoms with Crippen molar-refractivity contribution in [1.29, 1.82) is 0 Å². The second-order valence-electron chi connectivity index (χ2n) is 13.1. The molecule has 41 heavy (non-hydrogen) atoms. The van der Waals surface area contributed by atoms with Gasteiger partial charge in [0.2, 0.25) is 5.69 Å². The molecule has 3 aliphatic rings. The first-order valence-corrected chi connectivity index (χ1v) is 20.8. The predicted octanol–water partition coefficient (Wildman–Crippen LogP) is 5.96. The first kappa shape index (κ1) is 31.3. The molecule has 0 amide bonds. The Hall–Kier alpha value is -1.12. The summed E-state index contributed by atoms with van der Waals surface area (Å²) in [6.45, 7) is 19.1. The maximum absolute atomic E-state index is 16.5. The Balaban J connectivity index is 1.44. The van der Waals surface area contributed by atoms with Gasteiger partial charge in [0.25, 0.3) is 11.6 Å². The second kappa shape index (κ2) is 10.8. The molecule has 3 fully saturated rings. The summed E-state index contributed by atoms with van der Waals surface area (Å²) in [7, 11) is -2.22. The Bertz CT molecular complexity index is 1450. The molecule has 1 aliphatic carbocycles. The summed E-state index contributed by atoms with van der Waals surface area (Å²) in [6.07, 6.45) is -0.925. The number of nitrogens with zero attached hydrogens (tertiary/aromatic N) is 3. The van der Waals surface area contributed by atoms with Crippen molar-refractivity contribution in [2.45, 2.75) is 107 Å². The Morgan fingerprint density at radius 1 is 1.46 bits per heavy atom. The molecule has 0 aromatic carbocycles. The lowest BCUT2D eigenvalue weighted by atomic mass is 9.77. The number of aromatic amines is 1. The highest BCUT2D eigenvalue weighted by Crippen LogP contribution is 2.76. The van der Waals surface area contributed by atoms with Crippen molar-refractivity contribution in [2.24, 2.45) is 5.92 Å². The molecule has 2 N–H and O–H groups in total. The van der Waals surface area contributed by atoms with Gasteiger partial charge in [-0.3, -0.25) is 14.3 Å². The van der Waals surface area contributed by atoms with E-state index in [1.54, 1.807) is 0 Å². The van der Waals surface area contributed by atoms with Crippen LogP contribution in [0.25, 0.3) is 11.2 Å². The molecule has 1 saturated carbocycles. The van der Waals surface area contributed by atoms with Gasteiger partial charge in [0.1, 0.15) is 12.2 Å². The SMILES string of the molecule is C=C(C)[C@@H]1CC[C@]2(C)S[P@@](=S)(O[C@H]3[C@@H](F)[C@H](n4cnc5c(=O)[nH]c(O)nc54)O[C@@H]3CO[Si](C)(C)C(C)(C)C)O[C@H]2C1. The number of rotatable bonds is 7. The standard InChI is InChI=1S/C26H40FN4O6PS2Si/c1-14(2)15-9-10-26(6)17(11-15)36-38(39,40-26)37-20-16(12-34-41(7,8)25(3,4)5)35-23(18(20)27)31-13-28-19-21(31)29-24(33)30-22(19)32/h13,15-18,20,23H,1,9-12H2,2-8H3,(H2,29,30,32,33)/t15-,16-,17+,18-,20-,23-,26+,38-/m1/s1. The summed E-state index contributed by atoms with van der Waals surface area (Å²) in [5, 5.41) is 9.83. The summed E-state index contributed by atoms with van der Waals surface area (Å²) in [4.78, 5) is 22.6. The predicted molar refractivity (Wildman–Crippen MR) is 164 cm³/mol. The number of hydrogen-bond donors (Lipinski definition) is 2. The maximum atomic E-state index is 16.5. The number of imidazole rings is 1. The molecule has 8 atom stereocenters. The van der Waals surface area contributed by atoms with Crippen LogP contribution in [0, 0.1) is 5.92 Å². The maximum Gasteiger partial charge on any atom is 0.296 e. The lowest BCUT2D eigenvalue weighted by Gasteiger charge is -2.37. The van der Waals surface area contributed by atoms with Crippen LogP contribution in [0.3, 0.4) is 0 Å². The molecule has 2 saturated heterocycles. The number of hydrogen-bond acceptors (Lipinski definition) is 10. The number of allylic oxidation sites excluding steroid dienone is 1. The molecule has 0 bridgehead atoms. The normalized spacial score (nSPS) is 36.1. The van der Waals surface area contributed by atoms with Crippen LogP contribution in [0.15, 0.2) is 23.3 Å². The number of nitrogens with one attached hydrogen (secondary N) is 1. The zero-order chi connectivity index (χ0) is 30.1. The first-order chi connectivity index (χ1) is 18.9. The van der Waals surface area contributed by atoms with E-state index in [0.717, 1.165) is 24.8 Å². The molecule has 4 heterocycles. The van der Waals surface area contributed by atoms with Gasteiger partial charge in [0, 0.05) is 4.75 Å². The van der Waals surface area contributed by atoms with Gasteiger partial charge in [0.15, 0.2) is 31.9 Å². The van der Waals surface area contributed by atoms with Crippen LogP contribution in [0.4, 0.5) is 4.39 Å². The number of ether oxygens (including phenoxy) is 1. The minimum absolute atomic E-state index is 0.00218. The van der Waals surface area contributed by atoms with Crippen molar-refractivity contribution in [3.05, 3.63) is 28.8 Å². The molecule has 228 valence electrons. The van der Waals surface area contributed by atoms with Crippen LogP contribution < -0.4 is 5.56 Å². The highest BCUT2D eigenvalue weighted by atomic mass is 32.9. The van der Waals surface area contributed by atoms with Crippen molar-refractivity contribution >= 4 is 48.4 Å². The molecule has 0 spiro atoms. The molecule has 0 radical (unpaired) electrons. The van der Waals surface area contributed by atoms with E-state index in [9.17, 15) is 9.90 Å². The third-order valence-corrected chi connectivity index (χ3v) is 19.3. The lowest BCUT2D eigenvalue weighted by Crippen LogP contribution is -2.44. The zero-order valence-electron chi connectivity index (χ0n) is 24.5. The Morgan fingerprint density at radius 3 is 2.83 bits per heavy atom. The molecule has 15 heteroatoms. The third kappa shape index (κ3) is 5.87. The van der Waals surface area contributed by atoms with Gasteiger partial charge < -0.3 is 23.3 Å². The highest BCUT2D eigenvalue weighted by Gasteiger charge is 2.57.